The first-order valence-corrected chi connectivity index (χ1v) is 9.73. The minimum atomic E-state index is -0.210. The lowest BCUT2D eigenvalue weighted by Gasteiger charge is -2.32. The van der Waals surface area contributed by atoms with E-state index in [1.807, 2.05) is 0 Å². The van der Waals surface area contributed by atoms with E-state index >= 15 is 0 Å². The Bertz CT molecular complexity index is 868. The summed E-state index contributed by atoms with van der Waals surface area (Å²) in [5.74, 6) is 1.73. The Morgan fingerprint density at radius 1 is 1.26 bits per heavy atom. The van der Waals surface area contributed by atoms with Crippen LogP contribution in [0.25, 0.3) is 0 Å². The number of fused-ring (bicyclic) bond motifs is 1. The summed E-state index contributed by atoms with van der Waals surface area (Å²) in [7, 11) is 0. The van der Waals surface area contributed by atoms with Crippen LogP contribution >= 0.6 is 11.8 Å². The van der Waals surface area contributed by atoms with Crippen molar-refractivity contribution in [2.75, 3.05) is 25.6 Å². The average molecular weight is 389 g/mol. The van der Waals surface area contributed by atoms with E-state index in [4.69, 9.17) is 13.9 Å². The number of ether oxygens (including phenoxy) is 2. The fourth-order valence-corrected chi connectivity index (χ4v) is 3.96. The lowest BCUT2D eigenvalue weighted by atomic mass is 9.90. The molecule has 1 aromatic heterocycles. The first-order valence-electron chi connectivity index (χ1n) is 8.74. The topological polar surface area (TPSA) is 94.8 Å². The SMILES string of the molecule is Cc1nnc(SCC(=O)N2CCC[C@@H](C(=O)c3ccc4c(c3)OCO4)C2)o1. The van der Waals surface area contributed by atoms with Crippen molar-refractivity contribution in [1.29, 1.82) is 0 Å². The standard InChI is InChI=1S/C18H19N3O5S/c1-11-19-20-18(26-11)27-9-16(22)21-6-2-3-13(8-21)17(23)12-4-5-14-15(7-12)25-10-24-14/h4-5,7,13H,2-3,6,8-10H2,1H3/t13-/m1/s1. The van der Waals surface area contributed by atoms with Gasteiger partial charge in [0.25, 0.3) is 5.22 Å². The van der Waals surface area contributed by atoms with Crippen LogP contribution in [0.2, 0.25) is 0 Å². The summed E-state index contributed by atoms with van der Waals surface area (Å²) in [6, 6.07) is 5.23. The van der Waals surface area contributed by atoms with Crippen LogP contribution in [0.5, 0.6) is 11.5 Å². The zero-order valence-electron chi connectivity index (χ0n) is 14.8. The molecule has 0 saturated carbocycles. The number of ketones is 1. The second-order valence-electron chi connectivity index (χ2n) is 6.49. The minimum Gasteiger partial charge on any atom is -0.454 e. The number of amides is 1. The van der Waals surface area contributed by atoms with E-state index < -0.39 is 0 Å². The molecular formula is C18H19N3O5S. The Kier molecular flexibility index (Phi) is 5.02. The molecule has 1 fully saturated rings. The zero-order valence-corrected chi connectivity index (χ0v) is 15.7. The van der Waals surface area contributed by atoms with Crippen molar-refractivity contribution in [3.05, 3.63) is 29.7 Å². The number of piperidine rings is 1. The Morgan fingerprint density at radius 3 is 2.93 bits per heavy atom. The summed E-state index contributed by atoms with van der Waals surface area (Å²) in [6.07, 6.45) is 1.57. The summed E-state index contributed by atoms with van der Waals surface area (Å²) in [5.41, 5.74) is 0.592. The molecule has 0 bridgehead atoms. The number of nitrogens with zero attached hydrogens (tertiary/aromatic N) is 3. The van der Waals surface area contributed by atoms with Crippen molar-refractivity contribution in [3.8, 4) is 11.5 Å². The van der Waals surface area contributed by atoms with E-state index in [-0.39, 0.29) is 30.2 Å². The molecule has 0 aliphatic carbocycles. The van der Waals surface area contributed by atoms with E-state index in [1.165, 1.54) is 11.8 Å². The van der Waals surface area contributed by atoms with Gasteiger partial charge < -0.3 is 18.8 Å². The van der Waals surface area contributed by atoms with Crippen LogP contribution in [0.1, 0.15) is 29.1 Å². The number of Topliss-reactive ketones (excluding diaryl/α,β-unsaturated/α-hetero) is 1. The van der Waals surface area contributed by atoms with Crippen molar-refractivity contribution >= 4 is 23.5 Å². The maximum Gasteiger partial charge on any atom is 0.277 e. The van der Waals surface area contributed by atoms with Gasteiger partial charge in [0.1, 0.15) is 0 Å². The summed E-state index contributed by atoms with van der Waals surface area (Å²) in [6.45, 7) is 2.97. The summed E-state index contributed by atoms with van der Waals surface area (Å²) >= 11 is 1.22. The van der Waals surface area contributed by atoms with Gasteiger partial charge in [0.15, 0.2) is 17.3 Å². The highest BCUT2D eigenvalue weighted by Crippen LogP contribution is 2.34. The van der Waals surface area contributed by atoms with E-state index in [1.54, 1.807) is 30.0 Å². The largest absolute Gasteiger partial charge is 0.454 e. The maximum atomic E-state index is 12.9. The highest BCUT2D eigenvalue weighted by molar-refractivity contribution is 7.99. The predicted octanol–water partition coefficient (Wildman–Crippen LogP) is 2.32. The molecule has 2 aromatic rings. The van der Waals surface area contributed by atoms with Crippen LogP contribution < -0.4 is 9.47 Å². The van der Waals surface area contributed by atoms with Gasteiger partial charge in [-0.2, -0.15) is 0 Å². The number of aromatic nitrogens is 2. The molecule has 9 heteroatoms. The van der Waals surface area contributed by atoms with Gasteiger partial charge in [-0.25, -0.2) is 0 Å². The molecule has 142 valence electrons. The Morgan fingerprint density at radius 2 is 2.11 bits per heavy atom. The summed E-state index contributed by atoms with van der Waals surface area (Å²) in [4.78, 5) is 27.1. The number of carbonyl (C=O) groups is 2. The molecule has 3 heterocycles. The lowest BCUT2D eigenvalue weighted by Crippen LogP contribution is -2.43. The zero-order chi connectivity index (χ0) is 18.8. The third kappa shape index (κ3) is 3.92. The summed E-state index contributed by atoms with van der Waals surface area (Å²) in [5, 5.41) is 8.00. The van der Waals surface area contributed by atoms with Crippen molar-refractivity contribution in [2.45, 2.75) is 25.0 Å². The van der Waals surface area contributed by atoms with Gasteiger partial charge in [0.2, 0.25) is 18.6 Å². The van der Waals surface area contributed by atoms with Gasteiger partial charge in [0, 0.05) is 31.5 Å². The normalized spacial score (nSPS) is 18.6. The molecule has 2 aliphatic rings. The fourth-order valence-electron chi connectivity index (χ4n) is 3.25. The minimum absolute atomic E-state index is 0.0287. The van der Waals surface area contributed by atoms with Gasteiger partial charge in [-0.05, 0) is 31.0 Å². The smallest absolute Gasteiger partial charge is 0.277 e. The average Bonchev–Trinajstić information content (AvgIpc) is 3.33. The molecule has 1 atom stereocenters. The molecule has 0 N–H and O–H groups in total. The number of aryl methyl sites for hydroxylation is 1. The van der Waals surface area contributed by atoms with E-state index in [9.17, 15) is 9.59 Å². The van der Waals surface area contributed by atoms with E-state index in [0.717, 1.165) is 12.8 Å². The molecule has 0 radical (unpaired) electrons. The van der Waals surface area contributed by atoms with Crippen LogP contribution in [0.3, 0.4) is 0 Å². The van der Waals surface area contributed by atoms with Gasteiger partial charge in [-0.15, -0.1) is 10.2 Å². The Balaban J connectivity index is 1.37. The van der Waals surface area contributed by atoms with Crippen LogP contribution in [-0.4, -0.2) is 52.4 Å². The van der Waals surface area contributed by atoms with Crippen LogP contribution in [0, 0.1) is 12.8 Å². The molecule has 0 spiro atoms. The maximum absolute atomic E-state index is 12.9. The Labute approximate surface area is 160 Å². The van der Waals surface area contributed by atoms with Crippen LogP contribution in [-0.2, 0) is 4.79 Å². The number of hydrogen-bond acceptors (Lipinski definition) is 8. The number of carbonyl (C=O) groups excluding carboxylic acids is 2. The molecule has 1 saturated heterocycles. The molecule has 1 amide bonds. The van der Waals surface area contributed by atoms with E-state index in [2.05, 4.69) is 10.2 Å². The van der Waals surface area contributed by atoms with Crippen molar-refractivity contribution < 1.29 is 23.5 Å². The molecule has 1 aromatic carbocycles. The highest BCUT2D eigenvalue weighted by atomic mass is 32.2. The predicted molar refractivity (Wildman–Crippen MR) is 96.0 cm³/mol. The Hall–Kier alpha value is -2.55. The highest BCUT2D eigenvalue weighted by Gasteiger charge is 2.30. The van der Waals surface area contributed by atoms with Crippen LogP contribution in [0.4, 0.5) is 0 Å². The van der Waals surface area contributed by atoms with Gasteiger partial charge in [-0.3, -0.25) is 9.59 Å². The summed E-state index contributed by atoms with van der Waals surface area (Å²) < 4.78 is 15.9. The monoisotopic (exact) mass is 389 g/mol. The molecule has 0 unspecified atom stereocenters. The molecule has 4 rings (SSSR count). The first-order chi connectivity index (χ1) is 13.1. The molecule has 8 nitrogen and oxygen atoms in total. The van der Waals surface area contributed by atoms with Gasteiger partial charge in [-0.1, -0.05) is 11.8 Å². The second-order valence-corrected chi connectivity index (χ2v) is 7.41. The quantitative estimate of drug-likeness (QED) is 0.568. The third-order valence-electron chi connectivity index (χ3n) is 4.63. The van der Waals surface area contributed by atoms with Gasteiger partial charge >= 0.3 is 0 Å². The number of rotatable bonds is 5. The third-order valence-corrected chi connectivity index (χ3v) is 5.43. The van der Waals surface area contributed by atoms with Crippen molar-refractivity contribution in [2.24, 2.45) is 5.92 Å². The lowest BCUT2D eigenvalue weighted by molar-refractivity contribution is -0.129. The number of likely N-dealkylation sites (tertiary alicyclic amines) is 1. The number of thioether (sulfide) groups is 1. The molecule has 2 aliphatic heterocycles. The van der Waals surface area contributed by atoms with Gasteiger partial charge in [0.05, 0.1) is 5.75 Å². The first kappa shape index (κ1) is 17.8. The second kappa shape index (κ2) is 7.59. The molecule has 27 heavy (non-hydrogen) atoms. The van der Waals surface area contributed by atoms with Crippen LogP contribution in [0.15, 0.2) is 27.8 Å². The van der Waals surface area contributed by atoms with Crippen molar-refractivity contribution in [3.63, 3.8) is 0 Å². The number of benzene rings is 1. The number of hydrogen-bond donors (Lipinski definition) is 0. The molecular weight excluding hydrogens is 370 g/mol. The van der Waals surface area contributed by atoms with Crippen molar-refractivity contribution in [1.82, 2.24) is 15.1 Å². The van der Waals surface area contributed by atoms with E-state index in [0.29, 0.717) is 41.3 Å². The fraction of sp³-hybridized carbons (Fsp3) is 0.444.